The summed E-state index contributed by atoms with van der Waals surface area (Å²) in [5.41, 5.74) is 1.51. The van der Waals surface area contributed by atoms with Gasteiger partial charge in [-0.15, -0.1) is 0 Å². The van der Waals surface area contributed by atoms with Crippen molar-refractivity contribution in [2.75, 3.05) is 6.61 Å². The molecule has 0 atom stereocenters. The van der Waals surface area contributed by atoms with Crippen LogP contribution in [0.15, 0.2) is 48.5 Å². The molecule has 5 nitrogen and oxygen atoms in total. The van der Waals surface area contributed by atoms with Gasteiger partial charge in [-0.3, -0.25) is 0 Å². The highest BCUT2D eigenvalue weighted by atomic mass is 32.1. The third-order valence-electron chi connectivity index (χ3n) is 3.42. The summed E-state index contributed by atoms with van der Waals surface area (Å²) in [5.74, 6) is 0.512. The van der Waals surface area contributed by atoms with Crippen LogP contribution in [0, 0.1) is 11.3 Å². The van der Waals surface area contributed by atoms with Crippen LogP contribution in [0.4, 0.5) is 4.79 Å². The van der Waals surface area contributed by atoms with E-state index in [-0.39, 0.29) is 6.61 Å². The molecule has 0 aliphatic heterocycles. The molecule has 2 aromatic carbocycles. The number of ether oxygens (including phenoxy) is 3. The van der Waals surface area contributed by atoms with Gasteiger partial charge in [0.15, 0.2) is 5.75 Å². The minimum absolute atomic E-state index is 0.241. The molecule has 0 saturated carbocycles. The van der Waals surface area contributed by atoms with E-state index in [0.29, 0.717) is 23.0 Å². The van der Waals surface area contributed by atoms with Crippen LogP contribution >= 0.6 is 11.3 Å². The molecule has 0 saturated heterocycles. The maximum atomic E-state index is 11.7. The lowest BCUT2D eigenvalue weighted by Crippen LogP contribution is -2.10. The first kappa shape index (κ1) is 16.8. The fourth-order valence-corrected chi connectivity index (χ4v) is 3.25. The van der Waals surface area contributed by atoms with Crippen LogP contribution < -0.4 is 9.47 Å². The topological polar surface area (TPSA) is 68.6 Å². The Kier molecular flexibility index (Phi) is 5.17. The van der Waals surface area contributed by atoms with Crippen molar-refractivity contribution in [3.05, 3.63) is 59.7 Å². The molecule has 3 aromatic rings. The molecule has 3 rings (SSSR count). The van der Waals surface area contributed by atoms with Crippen LogP contribution in [0.3, 0.4) is 0 Å². The molecule has 0 unspecified atom stereocenters. The van der Waals surface area contributed by atoms with Crippen molar-refractivity contribution < 1.29 is 19.0 Å². The van der Waals surface area contributed by atoms with Gasteiger partial charge in [-0.05, 0) is 36.8 Å². The first-order valence-corrected chi connectivity index (χ1v) is 8.51. The third-order valence-corrected chi connectivity index (χ3v) is 4.45. The number of hydrogen-bond acceptors (Lipinski definition) is 6. The summed E-state index contributed by atoms with van der Waals surface area (Å²) in [6, 6.07) is 16.9. The number of nitriles is 1. The Morgan fingerprint density at radius 1 is 1.16 bits per heavy atom. The fraction of sp³-hybridized carbons (Fsp3) is 0.158. The van der Waals surface area contributed by atoms with Crippen molar-refractivity contribution in [1.82, 2.24) is 0 Å². The zero-order chi connectivity index (χ0) is 17.6. The van der Waals surface area contributed by atoms with E-state index >= 15 is 0 Å². The second kappa shape index (κ2) is 7.69. The van der Waals surface area contributed by atoms with Crippen LogP contribution in [0.2, 0.25) is 0 Å². The van der Waals surface area contributed by atoms with E-state index in [1.165, 1.54) is 11.3 Å². The Morgan fingerprint density at radius 3 is 2.64 bits per heavy atom. The monoisotopic (exact) mass is 353 g/mol. The van der Waals surface area contributed by atoms with E-state index in [9.17, 15) is 4.79 Å². The van der Waals surface area contributed by atoms with Gasteiger partial charge in [-0.2, -0.15) is 5.26 Å². The van der Waals surface area contributed by atoms with Crippen molar-refractivity contribution in [2.24, 2.45) is 0 Å². The molecule has 0 radical (unpaired) electrons. The molecule has 6 heteroatoms. The largest absolute Gasteiger partial charge is 0.514 e. The van der Waals surface area contributed by atoms with E-state index in [2.05, 4.69) is 6.07 Å². The van der Waals surface area contributed by atoms with Gasteiger partial charge in [-0.25, -0.2) is 4.79 Å². The summed E-state index contributed by atoms with van der Waals surface area (Å²) in [5, 5.41) is 10.1. The summed E-state index contributed by atoms with van der Waals surface area (Å²) in [4.78, 5) is 11.7. The van der Waals surface area contributed by atoms with E-state index in [0.717, 1.165) is 15.6 Å². The van der Waals surface area contributed by atoms with E-state index in [4.69, 9.17) is 19.5 Å². The normalized spacial score (nSPS) is 10.2. The fourth-order valence-electron chi connectivity index (χ4n) is 2.26. The highest BCUT2D eigenvalue weighted by Crippen LogP contribution is 2.44. The molecule has 1 heterocycles. The van der Waals surface area contributed by atoms with Gasteiger partial charge >= 0.3 is 6.16 Å². The molecule has 0 aliphatic rings. The quantitative estimate of drug-likeness (QED) is 0.611. The lowest BCUT2D eigenvalue weighted by Gasteiger charge is -2.08. The van der Waals surface area contributed by atoms with Crippen LogP contribution in [-0.4, -0.2) is 12.8 Å². The summed E-state index contributed by atoms with van der Waals surface area (Å²) in [6.07, 6.45) is -0.753. The predicted molar refractivity (Wildman–Crippen MR) is 95.0 cm³/mol. The van der Waals surface area contributed by atoms with E-state index < -0.39 is 6.16 Å². The summed E-state index contributed by atoms with van der Waals surface area (Å²) in [7, 11) is 0. The van der Waals surface area contributed by atoms with Crippen molar-refractivity contribution in [1.29, 1.82) is 5.26 Å². The first-order chi connectivity index (χ1) is 12.2. The second-order valence-corrected chi connectivity index (χ2v) is 6.11. The number of carbonyl (C=O) groups is 1. The van der Waals surface area contributed by atoms with Crippen LogP contribution in [0.25, 0.3) is 10.1 Å². The number of hydrogen-bond donors (Lipinski definition) is 0. The number of benzene rings is 2. The second-order valence-electron chi connectivity index (χ2n) is 5.10. The maximum Gasteiger partial charge on any atom is 0.514 e. The molecular weight excluding hydrogens is 338 g/mol. The SMILES string of the molecule is CCOC(=O)Oc1sc2ccccc2c1OCc1ccc(C#N)cc1. The van der Waals surface area contributed by atoms with E-state index in [1.54, 1.807) is 19.1 Å². The summed E-state index contributed by atoms with van der Waals surface area (Å²) in [6.45, 7) is 2.26. The number of rotatable bonds is 5. The maximum absolute atomic E-state index is 11.7. The molecule has 0 bridgehead atoms. The molecule has 1 aromatic heterocycles. The molecule has 0 aliphatic carbocycles. The minimum Gasteiger partial charge on any atom is -0.483 e. The van der Waals surface area contributed by atoms with Crippen molar-refractivity contribution in [3.63, 3.8) is 0 Å². The standard InChI is InChI=1S/C19H15NO4S/c1-2-22-19(21)24-18-17(15-5-3-4-6-16(15)25-18)23-12-14-9-7-13(11-20)8-10-14/h3-10H,2,12H2,1H3. The van der Waals surface area contributed by atoms with Gasteiger partial charge in [0.2, 0.25) is 5.06 Å². The molecular formula is C19H15NO4S. The Bertz CT molecular complexity index is 925. The van der Waals surface area contributed by atoms with Gasteiger partial charge < -0.3 is 14.2 Å². The Hall–Kier alpha value is -3.04. The third kappa shape index (κ3) is 3.90. The van der Waals surface area contributed by atoms with Crippen LogP contribution in [-0.2, 0) is 11.3 Å². The molecule has 126 valence electrons. The smallest absolute Gasteiger partial charge is 0.483 e. The van der Waals surface area contributed by atoms with Crippen molar-refractivity contribution in [2.45, 2.75) is 13.5 Å². The number of thiophene rings is 1. The van der Waals surface area contributed by atoms with Gasteiger partial charge in [-0.1, -0.05) is 35.6 Å². The average molecular weight is 353 g/mol. The number of nitrogens with zero attached hydrogens (tertiary/aromatic N) is 1. The van der Waals surface area contributed by atoms with Crippen LogP contribution in [0.1, 0.15) is 18.1 Å². The minimum atomic E-state index is -0.753. The highest BCUT2D eigenvalue weighted by Gasteiger charge is 2.18. The zero-order valence-electron chi connectivity index (χ0n) is 13.5. The van der Waals surface area contributed by atoms with E-state index in [1.807, 2.05) is 36.4 Å². The van der Waals surface area contributed by atoms with Gasteiger partial charge in [0.05, 0.1) is 18.2 Å². The molecule has 25 heavy (non-hydrogen) atoms. The molecule has 0 N–H and O–H groups in total. The van der Waals surface area contributed by atoms with Crippen molar-refractivity contribution >= 4 is 27.6 Å². The zero-order valence-corrected chi connectivity index (χ0v) is 14.3. The predicted octanol–water partition coefficient (Wildman–Crippen LogP) is 4.89. The molecule has 0 amide bonds. The first-order valence-electron chi connectivity index (χ1n) is 7.69. The average Bonchev–Trinajstić information content (AvgIpc) is 2.97. The molecule has 0 spiro atoms. The number of carbonyl (C=O) groups excluding carboxylic acids is 1. The van der Waals surface area contributed by atoms with Gasteiger partial charge in [0.25, 0.3) is 0 Å². The Labute approximate surface area is 149 Å². The van der Waals surface area contributed by atoms with Crippen molar-refractivity contribution in [3.8, 4) is 16.9 Å². The number of fused-ring (bicyclic) bond motifs is 1. The van der Waals surface area contributed by atoms with Crippen LogP contribution in [0.5, 0.6) is 10.8 Å². The summed E-state index contributed by atoms with van der Waals surface area (Å²) >= 11 is 1.33. The lowest BCUT2D eigenvalue weighted by molar-refractivity contribution is 0.104. The summed E-state index contributed by atoms with van der Waals surface area (Å²) < 4.78 is 17.0. The lowest BCUT2D eigenvalue weighted by atomic mass is 10.1. The molecule has 0 fully saturated rings. The Morgan fingerprint density at radius 2 is 1.92 bits per heavy atom. The van der Waals surface area contributed by atoms with Gasteiger partial charge in [0.1, 0.15) is 6.61 Å². The Balaban J connectivity index is 1.85. The van der Waals surface area contributed by atoms with Gasteiger partial charge in [0, 0.05) is 10.1 Å². The highest BCUT2D eigenvalue weighted by molar-refractivity contribution is 7.21.